The SMILES string of the molecule is CCOP(=O)(CC(=O)OC(C)c1ccc(OCc2ccc(C)cc2)cc1F)OCC.CF.Cc1ccc(/C=C/C(=O)O)cc1. The van der Waals surface area contributed by atoms with Crippen LogP contribution in [0.5, 0.6) is 5.75 Å². The molecule has 0 spiro atoms. The molecule has 11 heteroatoms. The third-order valence-corrected chi connectivity index (χ3v) is 7.66. The number of benzene rings is 3. The molecular weight excluding hydrogens is 593 g/mol. The molecule has 0 fully saturated rings. The minimum atomic E-state index is -3.57. The van der Waals surface area contributed by atoms with Crippen molar-refractivity contribution in [3.8, 4) is 5.75 Å². The molecule has 0 aliphatic rings. The zero-order chi connectivity index (χ0) is 33.1. The number of carbonyl (C=O) groups is 2. The highest BCUT2D eigenvalue weighted by molar-refractivity contribution is 7.54. The van der Waals surface area contributed by atoms with E-state index in [1.165, 1.54) is 24.6 Å². The molecule has 3 aromatic rings. The van der Waals surface area contributed by atoms with Gasteiger partial charge in [0.2, 0.25) is 0 Å². The quantitative estimate of drug-likeness (QED) is 0.114. The average molecular weight is 635 g/mol. The summed E-state index contributed by atoms with van der Waals surface area (Å²) in [4.78, 5) is 22.3. The number of halogens is 2. The lowest BCUT2D eigenvalue weighted by Crippen LogP contribution is -2.16. The number of alkyl halides is 1. The highest BCUT2D eigenvalue weighted by Crippen LogP contribution is 2.48. The maximum Gasteiger partial charge on any atom is 0.341 e. The summed E-state index contributed by atoms with van der Waals surface area (Å²) in [5, 5.41) is 8.34. The average Bonchev–Trinajstić information content (AvgIpc) is 2.98. The molecule has 1 unspecified atom stereocenters. The molecule has 1 atom stereocenters. The Morgan fingerprint density at radius 1 is 0.909 bits per heavy atom. The van der Waals surface area contributed by atoms with Gasteiger partial charge in [0.1, 0.15) is 30.4 Å². The van der Waals surface area contributed by atoms with Crippen LogP contribution >= 0.6 is 7.60 Å². The van der Waals surface area contributed by atoms with E-state index in [-0.39, 0.29) is 18.8 Å². The Morgan fingerprint density at radius 3 is 1.95 bits per heavy atom. The van der Waals surface area contributed by atoms with E-state index >= 15 is 0 Å². The van der Waals surface area contributed by atoms with Gasteiger partial charge in [-0.05, 0) is 64.0 Å². The van der Waals surface area contributed by atoms with Gasteiger partial charge < -0.3 is 23.6 Å². The minimum Gasteiger partial charge on any atom is -0.489 e. The van der Waals surface area contributed by atoms with Crippen molar-refractivity contribution < 1.29 is 46.6 Å². The second-order valence-electron chi connectivity index (χ2n) is 9.28. The summed E-state index contributed by atoms with van der Waals surface area (Å²) < 4.78 is 57.5. The molecule has 0 saturated carbocycles. The summed E-state index contributed by atoms with van der Waals surface area (Å²) in [5.74, 6) is -1.90. The Labute approximate surface area is 258 Å². The van der Waals surface area contributed by atoms with Gasteiger partial charge in [0, 0.05) is 17.7 Å². The number of carboxylic acid groups (broad SMARTS) is 1. The van der Waals surface area contributed by atoms with Crippen molar-refractivity contribution in [2.45, 2.75) is 47.3 Å². The first-order valence-corrected chi connectivity index (χ1v) is 15.6. The second-order valence-corrected chi connectivity index (χ2v) is 11.3. The second kappa shape index (κ2) is 20.2. The van der Waals surface area contributed by atoms with Crippen LogP contribution in [0, 0.1) is 19.7 Å². The number of rotatable bonds is 13. The van der Waals surface area contributed by atoms with Crippen LogP contribution in [-0.4, -0.2) is 43.6 Å². The minimum absolute atomic E-state index is 0.138. The molecule has 0 aliphatic carbocycles. The van der Waals surface area contributed by atoms with Crippen molar-refractivity contribution in [1.29, 1.82) is 0 Å². The molecule has 0 saturated heterocycles. The topological polar surface area (TPSA) is 108 Å². The Kier molecular flexibility index (Phi) is 17.5. The van der Waals surface area contributed by atoms with E-state index in [0.29, 0.717) is 19.5 Å². The first kappa shape index (κ1) is 38.2. The van der Waals surface area contributed by atoms with Gasteiger partial charge >= 0.3 is 19.5 Å². The van der Waals surface area contributed by atoms with Crippen molar-refractivity contribution in [3.05, 3.63) is 106 Å². The fraction of sp³-hybridized carbons (Fsp3) is 0.333. The predicted octanol–water partition coefficient (Wildman–Crippen LogP) is 8.26. The molecule has 0 aromatic heterocycles. The van der Waals surface area contributed by atoms with Crippen molar-refractivity contribution >= 4 is 25.6 Å². The van der Waals surface area contributed by atoms with Crippen LogP contribution in [0.3, 0.4) is 0 Å². The van der Waals surface area contributed by atoms with Crippen molar-refractivity contribution in [3.63, 3.8) is 0 Å². The van der Waals surface area contributed by atoms with Gasteiger partial charge in [-0.15, -0.1) is 0 Å². The van der Waals surface area contributed by atoms with Gasteiger partial charge in [-0.25, -0.2) is 9.18 Å². The lowest BCUT2D eigenvalue weighted by Gasteiger charge is -2.19. The molecule has 8 nitrogen and oxygen atoms in total. The number of aliphatic carboxylic acids is 1. The zero-order valence-electron chi connectivity index (χ0n) is 25.9. The van der Waals surface area contributed by atoms with Gasteiger partial charge in [0.25, 0.3) is 0 Å². The van der Waals surface area contributed by atoms with E-state index in [1.54, 1.807) is 26.0 Å². The number of hydrogen-bond donors (Lipinski definition) is 1. The number of hydrogen-bond acceptors (Lipinski definition) is 7. The third-order valence-electron chi connectivity index (χ3n) is 5.71. The highest BCUT2D eigenvalue weighted by atomic mass is 31.2. The van der Waals surface area contributed by atoms with E-state index in [1.807, 2.05) is 62.4 Å². The summed E-state index contributed by atoms with van der Waals surface area (Å²) in [6.45, 7) is 9.42. The fourth-order valence-corrected chi connectivity index (χ4v) is 5.04. The lowest BCUT2D eigenvalue weighted by molar-refractivity contribution is -0.145. The smallest absolute Gasteiger partial charge is 0.341 e. The fourth-order valence-electron chi connectivity index (χ4n) is 3.60. The Morgan fingerprint density at radius 2 is 1.45 bits per heavy atom. The van der Waals surface area contributed by atoms with Crippen molar-refractivity contribution in [2.75, 3.05) is 26.6 Å². The van der Waals surface area contributed by atoms with E-state index < -0.39 is 37.6 Å². The summed E-state index contributed by atoms with van der Waals surface area (Å²) >= 11 is 0. The number of esters is 1. The molecule has 1 N–H and O–H groups in total. The van der Waals surface area contributed by atoms with Crippen LogP contribution in [0.25, 0.3) is 6.08 Å². The predicted molar refractivity (Wildman–Crippen MR) is 167 cm³/mol. The summed E-state index contributed by atoms with van der Waals surface area (Å²) in [5.41, 5.74) is 4.39. The molecule has 0 amide bonds. The largest absolute Gasteiger partial charge is 0.489 e. The van der Waals surface area contributed by atoms with Crippen LogP contribution in [0.15, 0.2) is 72.8 Å². The number of ether oxygens (including phenoxy) is 2. The van der Waals surface area contributed by atoms with Gasteiger partial charge in [-0.2, -0.15) is 0 Å². The Hall–Kier alpha value is -3.85. The van der Waals surface area contributed by atoms with Crippen LogP contribution in [-0.2, 0) is 34.5 Å². The third kappa shape index (κ3) is 14.6. The molecular formula is C33H41F2O8P. The summed E-state index contributed by atoms with van der Waals surface area (Å²) in [6, 6.07) is 19.9. The van der Waals surface area contributed by atoms with Crippen molar-refractivity contribution in [2.24, 2.45) is 0 Å². The molecule has 3 rings (SSSR count). The molecule has 44 heavy (non-hydrogen) atoms. The molecule has 240 valence electrons. The van der Waals surface area contributed by atoms with E-state index in [2.05, 4.69) is 0 Å². The monoisotopic (exact) mass is 634 g/mol. The Bertz CT molecular complexity index is 1370. The first-order valence-electron chi connectivity index (χ1n) is 13.9. The summed E-state index contributed by atoms with van der Waals surface area (Å²) in [7, 11) is -3.07. The molecule has 0 bridgehead atoms. The van der Waals surface area contributed by atoms with Crippen LogP contribution in [0.1, 0.15) is 54.7 Å². The van der Waals surface area contributed by atoms with Crippen LogP contribution < -0.4 is 4.74 Å². The molecule has 0 radical (unpaired) electrons. The number of carbonyl (C=O) groups excluding carboxylic acids is 1. The molecule has 3 aromatic carbocycles. The molecule has 0 aliphatic heterocycles. The van der Waals surface area contributed by atoms with Crippen LogP contribution in [0.2, 0.25) is 0 Å². The number of carboxylic acids is 1. The van der Waals surface area contributed by atoms with Gasteiger partial charge in [-0.1, -0.05) is 59.7 Å². The standard InChI is InChI=1S/C22H28FO6P.C10H10O2.CH3F/c1-5-27-30(25,28-6-2)15-22(24)29-17(4)20-12-11-19(13-21(20)23)26-14-18-9-7-16(3)8-10-18;1-8-2-4-9(5-3-8)6-7-10(11)12;1-2/h7-13,17H,5-6,14-15H2,1-4H3;2-7H,1H3,(H,11,12);1H3/b;7-6+;. The van der Waals surface area contributed by atoms with Gasteiger partial charge in [-0.3, -0.25) is 13.8 Å². The van der Waals surface area contributed by atoms with Crippen LogP contribution in [0.4, 0.5) is 8.78 Å². The van der Waals surface area contributed by atoms with Gasteiger partial charge in [0.15, 0.2) is 0 Å². The lowest BCUT2D eigenvalue weighted by atomic mass is 10.1. The normalized spacial score (nSPS) is 11.5. The first-order chi connectivity index (χ1) is 20.9. The maximum absolute atomic E-state index is 14.5. The number of aryl methyl sites for hydroxylation is 2. The zero-order valence-corrected chi connectivity index (χ0v) is 26.8. The summed E-state index contributed by atoms with van der Waals surface area (Å²) in [6.07, 6.45) is 1.30. The van der Waals surface area contributed by atoms with Crippen molar-refractivity contribution in [1.82, 2.24) is 0 Å². The van der Waals surface area contributed by atoms with E-state index in [9.17, 15) is 22.9 Å². The van der Waals surface area contributed by atoms with E-state index in [4.69, 9.17) is 23.6 Å². The van der Waals surface area contributed by atoms with Gasteiger partial charge in [0.05, 0.1) is 20.4 Å². The maximum atomic E-state index is 14.5. The highest BCUT2D eigenvalue weighted by Gasteiger charge is 2.30. The van der Waals surface area contributed by atoms with E-state index in [0.717, 1.165) is 22.8 Å². The Balaban J connectivity index is 0.000000575. The molecule has 0 heterocycles.